The van der Waals surface area contributed by atoms with Gasteiger partial charge in [-0.15, -0.1) is 0 Å². The molecule has 2 rings (SSSR count). The van der Waals surface area contributed by atoms with Crippen LogP contribution in [0.2, 0.25) is 0 Å². The molecule has 21 heavy (non-hydrogen) atoms. The van der Waals surface area contributed by atoms with Crippen LogP contribution in [0.3, 0.4) is 0 Å². The Kier molecular flexibility index (Phi) is 4.80. The molecule has 1 atom stereocenters. The summed E-state index contributed by atoms with van der Waals surface area (Å²) in [5, 5.41) is 14.0. The highest BCUT2D eigenvalue weighted by molar-refractivity contribution is 6.02. The number of fused-ring (bicyclic) bond motifs is 1. The number of hydrogen-bond donors (Lipinski definition) is 3. The van der Waals surface area contributed by atoms with Crippen LogP contribution in [0.25, 0.3) is 0 Å². The topological polar surface area (TPSA) is 87.7 Å². The average Bonchev–Trinajstić information content (AvgIpc) is 2.85. The zero-order valence-corrected chi connectivity index (χ0v) is 12.2. The number of benzene rings is 1. The maximum atomic E-state index is 12.1. The highest BCUT2D eigenvalue weighted by Gasteiger charge is 2.27. The van der Waals surface area contributed by atoms with Crippen LogP contribution in [0.5, 0.6) is 5.75 Å². The fraction of sp³-hybridized carbons (Fsp3) is 0.467. The lowest BCUT2D eigenvalue weighted by atomic mass is 10.0. The Balaban J connectivity index is 2.30. The van der Waals surface area contributed by atoms with Crippen molar-refractivity contribution >= 4 is 11.8 Å². The Bertz CT molecular complexity index is 557. The van der Waals surface area contributed by atoms with Crippen LogP contribution < -0.4 is 15.4 Å². The fourth-order valence-electron chi connectivity index (χ4n) is 2.35. The second-order valence-electron chi connectivity index (χ2n) is 5.06. The standard InChI is InChI=1S/C15H20N2O4/c1-9-6-10-7-11(14(19)17-4-3-5-18)8-12(13(10)21-9)15(20)16-2/h7-9,18H,3-6H2,1-2H3,(H,16,20)(H,17,19). The molecule has 3 N–H and O–H groups in total. The van der Waals surface area contributed by atoms with Crippen molar-refractivity contribution in [3.8, 4) is 5.75 Å². The van der Waals surface area contributed by atoms with E-state index < -0.39 is 0 Å². The summed E-state index contributed by atoms with van der Waals surface area (Å²) >= 11 is 0. The van der Waals surface area contributed by atoms with Crippen LogP contribution in [0, 0.1) is 0 Å². The normalized spacial score (nSPS) is 16.0. The monoisotopic (exact) mass is 292 g/mol. The van der Waals surface area contributed by atoms with Crippen molar-refractivity contribution in [3.05, 3.63) is 28.8 Å². The number of hydrogen-bond acceptors (Lipinski definition) is 4. The zero-order valence-electron chi connectivity index (χ0n) is 12.2. The van der Waals surface area contributed by atoms with Gasteiger partial charge in [0, 0.05) is 32.2 Å². The van der Waals surface area contributed by atoms with E-state index in [1.165, 1.54) is 0 Å². The number of amides is 2. The van der Waals surface area contributed by atoms with E-state index in [4.69, 9.17) is 9.84 Å². The van der Waals surface area contributed by atoms with Crippen molar-refractivity contribution in [1.29, 1.82) is 0 Å². The van der Waals surface area contributed by atoms with Crippen molar-refractivity contribution in [2.45, 2.75) is 25.9 Å². The first-order chi connectivity index (χ1) is 10.1. The molecule has 0 saturated carbocycles. The molecule has 0 bridgehead atoms. The number of carbonyl (C=O) groups is 2. The first-order valence-electron chi connectivity index (χ1n) is 7.01. The van der Waals surface area contributed by atoms with Crippen molar-refractivity contribution in [1.82, 2.24) is 10.6 Å². The SMILES string of the molecule is CNC(=O)c1cc(C(=O)NCCCO)cc2c1OC(C)C2. The first kappa shape index (κ1) is 15.3. The Labute approximate surface area is 123 Å². The third kappa shape index (κ3) is 3.33. The number of aliphatic hydroxyl groups excluding tert-OH is 1. The molecule has 1 unspecified atom stereocenters. The Morgan fingerprint density at radius 1 is 1.38 bits per heavy atom. The van der Waals surface area contributed by atoms with Crippen LogP contribution in [0.4, 0.5) is 0 Å². The third-order valence-corrected chi connectivity index (χ3v) is 3.35. The van der Waals surface area contributed by atoms with Gasteiger partial charge in [-0.25, -0.2) is 0 Å². The van der Waals surface area contributed by atoms with Gasteiger partial charge in [-0.2, -0.15) is 0 Å². The number of aliphatic hydroxyl groups is 1. The zero-order chi connectivity index (χ0) is 15.4. The van der Waals surface area contributed by atoms with E-state index in [-0.39, 0.29) is 24.5 Å². The maximum Gasteiger partial charge on any atom is 0.254 e. The Morgan fingerprint density at radius 3 is 2.81 bits per heavy atom. The quantitative estimate of drug-likeness (QED) is 0.689. The molecule has 0 saturated heterocycles. The molecule has 1 aliphatic heterocycles. The van der Waals surface area contributed by atoms with Gasteiger partial charge in [-0.05, 0) is 31.0 Å². The lowest BCUT2D eigenvalue weighted by Crippen LogP contribution is -2.26. The summed E-state index contributed by atoms with van der Waals surface area (Å²) in [5.41, 5.74) is 1.69. The number of ether oxygens (including phenoxy) is 1. The molecule has 114 valence electrons. The summed E-state index contributed by atoms with van der Waals surface area (Å²) in [5.74, 6) is 0.0371. The molecule has 1 heterocycles. The van der Waals surface area contributed by atoms with Crippen molar-refractivity contribution < 1.29 is 19.4 Å². The lowest BCUT2D eigenvalue weighted by Gasteiger charge is -2.11. The summed E-state index contributed by atoms with van der Waals surface area (Å²) in [7, 11) is 1.54. The van der Waals surface area contributed by atoms with Gasteiger partial charge >= 0.3 is 0 Å². The van der Waals surface area contributed by atoms with E-state index in [1.54, 1.807) is 19.2 Å². The molecule has 0 aromatic heterocycles. The first-order valence-corrected chi connectivity index (χ1v) is 7.01. The summed E-state index contributed by atoms with van der Waals surface area (Å²) in [6, 6.07) is 3.31. The highest BCUT2D eigenvalue weighted by Crippen LogP contribution is 2.33. The van der Waals surface area contributed by atoms with Gasteiger partial charge in [0.05, 0.1) is 5.56 Å². The highest BCUT2D eigenvalue weighted by atomic mass is 16.5. The van der Waals surface area contributed by atoms with Crippen LogP contribution in [0.1, 0.15) is 39.6 Å². The van der Waals surface area contributed by atoms with E-state index in [2.05, 4.69) is 10.6 Å². The van der Waals surface area contributed by atoms with E-state index in [9.17, 15) is 9.59 Å². The molecule has 0 radical (unpaired) electrons. The van der Waals surface area contributed by atoms with Crippen molar-refractivity contribution in [3.63, 3.8) is 0 Å². The molecule has 0 fully saturated rings. The van der Waals surface area contributed by atoms with E-state index in [1.807, 2.05) is 6.92 Å². The molecular formula is C15H20N2O4. The molecule has 0 spiro atoms. The van der Waals surface area contributed by atoms with E-state index >= 15 is 0 Å². The van der Waals surface area contributed by atoms with Crippen LogP contribution >= 0.6 is 0 Å². The molecule has 1 aromatic carbocycles. The summed E-state index contributed by atoms with van der Waals surface area (Å²) < 4.78 is 5.67. The summed E-state index contributed by atoms with van der Waals surface area (Å²) in [4.78, 5) is 24.1. The van der Waals surface area contributed by atoms with Gasteiger partial charge in [0.1, 0.15) is 11.9 Å². The number of rotatable bonds is 5. The molecule has 6 nitrogen and oxygen atoms in total. The van der Waals surface area contributed by atoms with Crippen LogP contribution in [-0.2, 0) is 6.42 Å². The predicted molar refractivity (Wildman–Crippen MR) is 77.7 cm³/mol. The third-order valence-electron chi connectivity index (χ3n) is 3.35. The van der Waals surface area contributed by atoms with Crippen molar-refractivity contribution in [2.24, 2.45) is 0 Å². The lowest BCUT2D eigenvalue weighted by molar-refractivity contribution is 0.0951. The summed E-state index contributed by atoms with van der Waals surface area (Å²) in [6.45, 7) is 2.35. The van der Waals surface area contributed by atoms with Gasteiger partial charge in [-0.1, -0.05) is 0 Å². The van der Waals surface area contributed by atoms with E-state index in [0.717, 1.165) is 5.56 Å². The predicted octanol–water partition coefficient (Wildman–Crippen LogP) is 0.482. The Hall–Kier alpha value is -2.08. The fourth-order valence-corrected chi connectivity index (χ4v) is 2.35. The second-order valence-corrected chi connectivity index (χ2v) is 5.06. The number of nitrogens with one attached hydrogen (secondary N) is 2. The number of carbonyl (C=O) groups excluding carboxylic acids is 2. The molecular weight excluding hydrogens is 272 g/mol. The average molecular weight is 292 g/mol. The van der Waals surface area contributed by atoms with Gasteiger partial charge in [0.25, 0.3) is 11.8 Å². The summed E-state index contributed by atoms with van der Waals surface area (Å²) in [6.07, 6.45) is 1.17. The van der Waals surface area contributed by atoms with Gasteiger partial charge < -0.3 is 20.5 Å². The molecule has 1 aromatic rings. The van der Waals surface area contributed by atoms with Crippen molar-refractivity contribution in [2.75, 3.05) is 20.2 Å². The largest absolute Gasteiger partial charge is 0.489 e. The van der Waals surface area contributed by atoms with Crippen LogP contribution in [-0.4, -0.2) is 43.2 Å². The van der Waals surface area contributed by atoms with Gasteiger partial charge in [-0.3, -0.25) is 9.59 Å². The molecule has 1 aliphatic rings. The molecule has 6 heteroatoms. The smallest absolute Gasteiger partial charge is 0.254 e. The van der Waals surface area contributed by atoms with Gasteiger partial charge in [0.15, 0.2) is 0 Å². The minimum atomic E-state index is -0.273. The maximum absolute atomic E-state index is 12.1. The minimum Gasteiger partial charge on any atom is -0.489 e. The van der Waals surface area contributed by atoms with E-state index in [0.29, 0.717) is 36.3 Å². The molecule has 0 aliphatic carbocycles. The minimum absolute atomic E-state index is 0.00361. The van der Waals surface area contributed by atoms with Gasteiger partial charge in [0.2, 0.25) is 0 Å². The van der Waals surface area contributed by atoms with Crippen LogP contribution in [0.15, 0.2) is 12.1 Å². The second kappa shape index (κ2) is 6.58. The molecule has 2 amide bonds. The Morgan fingerprint density at radius 2 is 2.14 bits per heavy atom.